The van der Waals surface area contributed by atoms with Gasteiger partial charge in [-0.25, -0.2) is 9.80 Å². The molecule has 4 rings (SSSR count). The monoisotopic (exact) mass is 556 g/mol. The number of hydrazine groups is 1. The summed E-state index contributed by atoms with van der Waals surface area (Å²) in [6, 6.07) is 22.6. The van der Waals surface area contributed by atoms with Gasteiger partial charge in [-0.05, 0) is 72.1 Å². The molecule has 8 heteroatoms. The molecule has 41 heavy (non-hydrogen) atoms. The van der Waals surface area contributed by atoms with Gasteiger partial charge in [-0.1, -0.05) is 75.4 Å². The van der Waals surface area contributed by atoms with Crippen LogP contribution in [-0.2, 0) is 9.59 Å². The highest BCUT2D eigenvalue weighted by molar-refractivity contribution is 6.00. The fourth-order valence-electron chi connectivity index (χ4n) is 5.53. The Morgan fingerprint density at radius 1 is 0.976 bits per heavy atom. The molecule has 0 bridgehead atoms. The third-order valence-electron chi connectivity index (χ3n) is 7.36. The second kappa shape index (κ2) is 12.5. The van der Waals surface area contributed by atoms with E-state index >= 15 is 0 Å². The highest BCUT2D eigenvalue weighted by atomic mass is 16.5. The first kappa shape index (κ1) is 29.6. The largest absolute Gasteiger partial charge is 0.497 e. The normalized spacial score (nSPS) is 19.3. The fraction of sp³-hybridized carbons (Fsp3) is 0.364. The van der Waals surface area contributed by atoms with Crippen molar-refractivity contribution < 1.29 is 19.1 Å². The van der Waals surface area contributed by atoms with Crippen molar-refractivity contribution in [1.29, 1.82) is 0 Å². The van der Waals surface area contributed by atoms with Gasteiger partial charge in [0.05, 0.1) is 13.2 Å². The van der Waals surface area contributed by atoms with E-state index in [2.05, 4.69) is 5.43 Å². The molecule has 1 heterocycles. The number of nitrogens with one attached hydrogen (secondary N) is 1. The maximum absolute atomic E-state index is 14.6. The van der Waals surface area contributed by atoms with Gasteiger partial charge in [0.1, 0.15) is 11.8 Å². The molecule has 0 aromatic heterocycles. The Morgan fingerprint density at radius 3 is 2.29 bits per heavy atom. The number of nitrogens with zero attached hydrogens (tertiary/aromatic N) is 2. The number of urea groups is 1. The zero-order valence-corrected chi connectivity index (χ0v) is 24.5. The second-order valence-corrected chi connectivity index (χ2v) is 11.9. The molecular weight excluding hydrogens is 516 g/mol. The van der Waals surface area contributed by atoms with E-state index in [1.165, 1.54) is 9.91 Å². The predicted molar refractivity (Wildman–Crippen MR) is 160 cm³/mol. The van der Waals surface area contributed by atoms with Crippen LogP contribution in [0.25, 0.3) is 0 Å². The lowest BCUT2D eigenvalue weighted by Gasteiger charge is -2.35. The molecule has 1 saturated heterocycles. The lowest BCUT2D eigenvalue weighted by atomic mass is 9.86. The molecule has 216 valence electrons. The summed E-state index contributed by atoms with van der Waals surface area (Å²) in [5, 5.41) is 1.42. The summed E-state index contributed by atoms with van der Waals surface area (Å²) in [6.45, 7) is 7.83. The SMILES string of the molecule is COc1cccc(C2CC(c3ccccc3)CC(N(C(N)=O)c3cccc(C)c3)C(=O)N2NC(=O)CC(C)(C)C)c1. The van der Waals surface area contributed by atoms with Crippen molar-refractivity contribution in [2.75, 3.05) is 12.0 Å². The highest BCUT2D eigenvalue weighted by Crippen LogP contribution is 2.41. The molecule has 0 radical (unpaired) electrons. The zero-order valence-electron chi connectivity index (χ0n) is 24.5. The van der Waals surface area contributed by atoms with Crippen molar-refractivity contribution in [2.45, 2.75) is 65.0 Å². The highest BCUT2D eigenvalue weighted by Gasteiger charge is 2.43. The second-order valence-electron chi connectivity index (χ2n) is 11.9. The number of methoxy groups -OCH3 is 1. The van der Waals surface area contributed by atoms with Crippen LogP contribution < -0.4 is 20.8 Å². The van der Waals surface area contributed by atoms with Gasteiger partial charge >= 0.3 is 6.03 Å². The first-order valence-corrected chi connectivity index (χ1v) is 13.9. The molecule has 0 saturated carbocycles. The zero-order chi connectivity index (χ0) is 29.7. The summed E-state index contributed by atoms with van der Waals surface area (Å²) in [5.41, 5.74) is 11.9. The quantitative estimate of drug-likeness (QED) is 0.380. The van der Waals surface area contributed by atoms with Crippen LogP contribution in [0.4, 0.5) is 10.5 Å². The number of nitrogens with two attached hydrogens (primary N) is 1. The fourth-order valence-corrected chi connectivity index (χ4v) is 5.53. The molecule has 1 aliphatic heterocycles. The maximum atomic E-state index is 14.6. The Labute approximate surface area is 242 Å². The van der Waals surface area contributed by atoms with E-state index in [0.717, 1.165) is 16.7 Å². The van der Waals surface area contributed by atoms with Gasteiger partial charge in [-0.2, -0.15) is 0 Å². The summed E-state index contributed by atoms with van der Waals surface area (Å²) < 4.78 is 5.50. The molecule has 3 atom stereocenters. The average molecular weight is 557 g/mol. The van der Waals surface area contributed by atoms with Crippen LogP contribution in [0, 0.1) is 12.3 Å². The Kier molecular flexibility index (Phi) is 9.01. The number of hydrogen-bond acceptors (Lipinski definition) is 4. The van der Waals surface area contributed by atoms with Crippen molar-refractivity contribution >= 4 is 23.5 Å². The standard InChI is InChI=1S/C33H40N4O4/c1-22-11-9-15-26(17-22)36(32(34)40)29-20-25(23-12-7-6-8-13-23)19-28(24-14-10-16-27(18-24)41-5)37(31(29)39)35-30(38)21-33(2,3)4/h6-18,25,28-29H,19-21H2,1-5H3,(H2,34,40)(H,35,38). The number of benzene rings is 3. The van der Waals surface area contributed by atoms with Crippen LogP contribution in [0.2, 0.25) is 0 Å². The molecule has 3 aromatic carbocycles. The van der Waals surface area contributed by atoms with Crippen molar-refractivity contribution in [2.24, 2.45) is 11.1 Å². The van der Waals surface area contributed by atoms with Crippen molar-refractivity contribution in [1.82, 2.24) is 10.4 Å². The Balaban J connectivity index is 1.88. The van der Waals surface area contributed by atoms with Crippen LogP contribution in [0.3, 0.4) is 0 Å². The maximum Gasteiger partial charge on any atom is 0.320 e. The molecule has 8 nitrogen and oxygen atoms in total. The van der Waals surface area contributed by atoms with Crippen molar-refractivity contribution in [3.63, 3.8) is 0 Å². The molecule has 1 fully saturated rings. The molecule has 3 aromatic rings. The number of hydrogen-bond donors (Lipinski definition) is 2. The number of carbonyl (C=O) groups is 3. The lowest BCUT2D eigenvalue weighted by molar-refractivity contribution is -0.145. The predicted octanol–water partition coefficient (Wildman–Crippen LogP) is 5.87. The number of amides is 4. The van der Waals surface area contributed by atoms with Gasteiger partial charge in [0.25, 0.3) is 5.91 Å². The van der Waals surface area contributed by atoms with Crippen LogP contribution in [-0.4, -0.2) is 36.0 Å². The third kappa shape index (κ3) is 7.25. The Morgan fingerprint density at radius 2 is 1.66 bits per heavy atom. The molecular formula is C33H40N4O4. The first-order chi connectivity index (χ1) is 19.5. The number of aryl methyl sites for hydroxylation is 1. The summed E-state index contributed by atoms with van der Waals surface area (Å²) in [7, 11) is 1.59. The van der Waals surface area contributed by atoms with E-state index in [1.807, 2.05) is 100 Å². The smallest absolute Gasteiger partial charge is 0.320 e. The Hall–Kier alpha value is -4.33. The Bertz CT molecular complexity index is 1390. The molecule has 3 N–H and O–H groups in total. The van der Waals surface area contributed by atoms with Crippen LogP contribution >= 0.6 is 0 Å². The number of ether oxygens (including phenoxy) is 1. The van der Waals surface area contributed by atoms with Crippen molar-refractivity contribution in [3.8, 4) is 5.75 Å². The molecule has 4 amide bonds. The van der Waals surface area contributed by atoms with Gasteiger partial charge in [0.15, 0.2) is 0 Å². The summed E-state index contributed by atoms with van der Waals surface area (Å²) in [6.07, 6.45) is 1.05. The van der Waals surface area contributed by atoms with Gasteiger partial charge < -0.3 is 10.5 Å². The minimum atomic E-state index is -0.954. The van der Waals surface area contributed by atoms with Gasteiger partial charge in [-0.3, -0.25) is 19.9 Å². The number of rotatable bonds is 7. The summed E-state index contributed by atoms with van der Waals surface area (Å²) in [4.78, 5) is 42.3. The minimum Gasteiger partial charge on any atom is -0.497 e. The van der Waals surface area contributed by atoms with E-state index < -0.39 is 24.0 Å². The summed E-state index contributed by atoms with van der Waals surface area (Å²) >= 11 is 0. The van der Waals surface area contributed by atoms with Crippen molar-refractivity contribution in [3.05, 3.63) is 95.6 Å². The van der Waals surface area contributed by atoms with E-state index in [1.54, 1.807) is 13.2 Å². The van der Waals surface area contributed by atoms with E-state index in [0.29, 0.717) is 24.3 Å². The van der Waals surface area contributed by atoms with Gasteiger partial charge in [0.2, 0.25) is 5.91 Å². The molecule has 0 spiro atoms. The number of anilines is 1. The minimum absolute atomic E-state index is 0.127. The van der Waals surface area contributed by atoms with Crippen LogP contribution in [0.15, 0.2) is 78.9 Å². The average Bonchev–Trinajstić information content (AvgIpc) is 3.05. The van der Waals surface area contributed by atoms with Gasteiger partial charge in [0, 0.05) is 12.1 Å². The first-order valence-electron chi connectivity index (χ1n) is 13.9. The van der Waals surface area contributed by atoms with E-state index in [4.69, 9.17) is 10.5 Å². The van der Waals surface area contributed by atoms with Gasteiger partial charge in [-0.15, -0.1) is 0 Å². The molecule has 0 aliphatic carbocycles. The summed E-state index contributed by atoms with van der Waals surface area (Å²) in [5.74, 6) is -0.167. The number of carbonyl (C=O) groups excluding carboxylic acids is 3. The van der Waals surface area contributed by atoms with Crippen LogP contribution in [0.1, 0.15) is 68.7 Å². The molecule has 1 aliphatic rings. The lowest BCUT2D eigenvalue weighted by Crippen LogP contribution is -2.57. The topological polar surface area (TPSA) is 105 Å². The number of primary amides is 1. The van der Waals surface area contributed by atoms with Crippen LogP contribution in [0.5, 0.6) is 5.75 Å². The van der Waals surface area contributed by atoms with E-state index in [9.17, 15) is 14.4 Å². The third-order valence-corrected chi connectivity index (χ3v) is 7.36. The molecule has 3 unspecified atom stereocenters. The van der Waals surface area contributed by atoms with E-state index in [-0.39, 0.29) is 23.7 Å².